The molecule has 130 valence electrons. The van der Waals surface area contributed by atoms with Gasteiger partial charge in [0.25, 0.3) is 0 Å². The van der Waals surface area contributed by atoms with Crippen LogP contribution in [0.25, 0.3) is 0 Å². The van der Waals surface area contributed by atoms with Gasteiger partial charge in [0.15, 0.2) is 0 Å². The van der Waals surface area contributed by atoms with Gasteiger partial charge < -0.3 is 15.0 Å². The summed E-state index contributed by atoms with van der Waals surface area (Å²) >= 11 is 0. The second kappa shape index (κ2) is 7.59. The maximum atomic E-state index is 12.2. The lowest BCUT2D eigenvalue weighted by Crippen LogP contribution is -2.35. The van der Waals surface area contributed by atoms with Crippen LogP contribution in [-0.2, 0) is 27.2 Å². The van der Waals surface area contributed by atoms with E-state index in [0.29, 0.717) is 13.0 Å². The highest BCUT2D eigenvalue weighted by Crippen LogP contribution is 2.26. The van der Waals surface area contributed by atoms with E-state index in [1.807, 2.05) is 6.20 Å². The second-order valence-electron chi connectivity index (χ2n) is 6.39. The van der Waals surface area contributed by atoms with Crippen molar-refractivity contribution >= 4 is 17.8 Å². The third-order valence-electron chi connectivity index (χ3n) is 4.75. The fraction of sp³-hybridized carbons (Fsp3) is 0.647. The number of aryl methyl sites for hydroxylation is 1. The van der Waals surface area contributed by atoms with E-state index in [0.717, 1.165) is 43.1 Å². The molecule has 3 rings (SSSR count). The lowest BCUT2D eigenvalue weighted by atomic mass is 9.86. The lowest BCUT2D eigenvalue weighted by molar-refractivity contribution is -0.140. The van der Waals surface area contributed by atoms with Crippen molar-refractivity contribution in [2.45, 2.75) is 38.5 Å². The van der Waals surface area contributed by atoms with Gasteiger partial charge in [-0.25, -0.2) is 9.97 Å². The van der Waals surface area contributed by atoms with Crippen molar-refractivity contribution in [3.8, 4) is 0 Å². The summed E-state index contributed by atoms with van der Waals surface area (Å²) in [6.07, 6.45) is 6.74. The Morgan fingerprint density at radius 2 is 2.17 bits per heavy atom. The molecule has 1 amide bonds. The zero-order valence-electron chi connectivity index (χ0n) is 14.1. The highest BCUT2D eigenvalue weighted by atomic mass is 16.5. The van der Waals surface area contributed by atoms with Crippen LogP contribution in [0, 0.1) is 5.92 Å². The molecule has 0 radical (unpaired) electrons. The molecule has 0 spiro atoms. The molecule has 1 aromatic heterocycles. The molecular formula is C17H24N4O3. The van der Waals surface area contributed by atoms with Gasteiger partial charge in [-0.15, -0.1) is 0 Å². The molecule has 1 fully saturated rings. The summed E-state index contributed by atoms with van der Waals surface area (Å²) in [4.78, 5) is 34.7. The number of nitrogens with zero attached hydrogens (tertiary/aromatic N) is 3. The predicted molar refractivity (Wildman–Crippen MR) is 88.6 cm³/mol. The number of carbonyl (C=O) groups excluding carboxylic acids is 2. The minimum absolute atomic E-state index is 0.00632. The Kier molecular flexibility index (Phi) is 5.27. The van der Waals surface area contributed by atoms with Crippen LogP contribution >= 0.6 is 0 Å². The summed E-state index contributed by atoms with van der Waals surface area (Å²) in [7, 11) is 1.35. The number of fused-ring (bicyclic) bond motifs is 1. The van der Waals surface area contributed by atoms with Crippen molar-refractivity contribution in [2.75, 3.05) is 31.6 Å². The van der Waals surface area contributed by atoms with Gasteiger partial charge in [-0.05, 0) is 37.7 Å². The molecule has 0 unspecified atom stereocenters. The Morgan fingerprint density at radius 1 is 1.38 bits per heavy atom. The molecule has 0 aromatic carbocycles. The molecule has 1 aromatic rings. The van der Waals surface area contributed by atoms with E-state index >= 15 is 0 Å². The Hall–Kier alpha value is -2.18. The molecule has 2 aliphatic rings. The van der Waals surface area contributed by atoms with Crippen molar-refractivity contribution in [1.82, 2.24) is 15.3 Å². The smallest absolute Gasteiger partial charge is 0.307 e. The fourth-order valence-electron chi connectivity index (χ4n) is 3.32. The first-order valence-corrected chi connectivity index (χ1v) is 8.61. The molecule has 0 bridgehead atoms. The summed E-state index contributed by atoms with van der Waals surface area (Å²) in [6, 6.07) is 0. The van der Waals surface area contributed by atoms with E-state index in [-0.39, 0.29) is 24.2 Å². The summed E-state index contributed by atoms with van der Waals surface area (Å²) in [6.45, 7) is 2.38. The van der Waals surface area contributed by atoms with E-state index in [1.165, 1.54) is 20.0 Å². The minimum Gasteiger partial charge on any atom is -0.469 e. The van der Waals surface area contributed by atoms with Crippen molar-refractivity contribution < 1.29 is 14.3 Å². The van der Waals surface area contributed by atoms with E-state index < -0.39 is 0 Å². The van der Waals surface area contributed by atoms with Gasteiger partial charge >= 0.3 is 5.97 Å². The van der Waals surface area contributed by atoms with Gasteiger partial charge in [0, 0.05) is 37.4 Å². The van der Waals surface area contributed by atoms with Crippen LogP contribution < -0.4 is 10.2 Å². The topological polar surface area (TPSA) is 84.4 Å². The SMILES string of the molecule is COC(=O)CCNC(=O)[C@@H]1CCc2nc(N3CCCC3)ncc2C1. The molecule has 1 saturated heterocycles. The number of anilines is 1. The maximum Gasteiger partial charge on any atom is 0.307 e. The van der Waals surface area contributed by atoms with Gasteiger partial charge in [-0.3, -0.25) is 9.59 Å². The number of hydrogen-bond donors (Lipinski definition) is 1. The number of methoxy groups -OCH3 is 1. The number of esters is 1. The summed E-state index contributed by atoms with van der Waals surface area (Å²) in [5, 5.41) is 2.82. The molecule has 0 saturated carbocycles. The fourth-order valence-corrected chi connectivity index (χ4v) is 3.32. The Balaban J connectivity index is 1.56. The van der Waals surface area contributed by atoms with E-state index in [9.17, 15) is 9.59 Å². The zero-order valence-corrected chi connectivity index (χ0v) is 14.1. The van der Waals surface area contributed by atoms with Gasteiger partial charge in [0.1, 0.15) is 0 Å². The Morgan fingerprint density at radius 3 is 2.92 bits per heavy atom. The number of ether oxygens (including phenoxy) is 1. The molecule has 24 heavy (non-hydrogen) atoms. The zero-order chi connectivity index (χ0) is 16.9. The second-order valence-corrected chi connectivity index (χ2v) is 6.39. The number of rotatable bonds is 5. The van der Waals surface area contributed by atoms with E-state index in [4.69, 9.17) is 4.98 Å². The monoisotopic (exact) mass is 332 g/mol. The minimum atomic E-state index is -0.313. The van der Waals surface area contributed by atoms with Crippen LogP contribution in [0.3, 0.4) is 0 Å². The first-order valence-electron chi connectivity index (χ1n) is 8.61. The van der Waals surface area contributed by atoms with Crippen LogP contribution in [-0.4, -0.2) is 48.6 Å². The average Bonchev–Trinajstić information content (AvgIpc) is 3.15. The van der Waals surface area contributed by atoms with Gasteiger partial charge in [-0.2, -0.15) is 0 Å². The summed E-state index contributed by atoms with van der Waals surface area (Å²) in [5.74, 6) is 0.434. The summed E-state index contributed by atoms with van der Waals surface area (Å²) < 4.78 is 4.57. The van der Waals surface area contributed by atoms with Gasteiger partial charge in [-0.1, -0.05) is 0 Å². The largest absolute Gasteiger partial charge is 0.469 e. The first-order chi connectivity index (χ1) is 11.7. The molecule has 1 aliphatic carbocycles. The van der Waals surface area contributed by atoms with E-state index in [1.54, 1.807) is 0 Å². The molecule has 2 heterocycles. The van der Waals surface area contributed by atoms with E-state index in [2.05, 4.69) is 19.9 Å². The third-order valence-corrected chi connectivity index (χ3v) is 4.75. The number of amides is 1. The molecule has 1 aliphatic heterocycles. The third kappa shape index (κ3) is 3.83. The predicted octanol–water partition coefficient (Wildman–Crippen LogP) is 0.861. The first kappa shape index (κ1) is 16.7. The molecule has 7 heteroatoms. The highest BCUT2D eigenvalue weighted by molar-refractivity contribution is 5.80. The highest BCUT2D eigenvalue weighted by Gasteiger charge is 2.27. The van der Waals surface area contributed by atoms with Crippen LogP contribution in [0.1, 0.15) is 36.9 Å². The maximum absolute atomic E-state index is 12.2. The summed E-state index contributed by atoms with van der Waals surface area (Å²) in [5.41, 5.74) is 2.14. The Bertz CT molecular complexity index is 614. The van der Waals surface area contributed by atoms with Crippen LogP contribution in [0.2, 0.25) is 0 Å². The molecule has 1 N–H and O–H groups in total. The van der Waals surface area contributed by atoms with Crippen LogP contribution in [0.15, 0.2) is 6.20 Å². The van der Waals surface area contributed by atoms with Crippen molar-refractivity contribution in [1.29, 1.82) is 0 Å². The van der Waals surface area contributed by atoms with Gasteiger partial charge in [0.05, 0.1) is 13.5 Å². The number of aromatic nitrogens is 2. The van der Waals surface area contributed by atoms with Crippen molar-refractivity contribution in [3.63, 3.8) is 0 Å². The van der Waals surface area contributed by atoms with Crippen molar-refractivity contribution in [3.05, 3.63) is 17.5 Å². The lowest BCUT2D eigenvalue weighted by Gasteiger charge is -2.24. The molecule has 7 nitrogen and oxygen atoms in total. The van der Waals surface area contributed by atoms with Crippen LogP contribution in [0.4, 0.5) is 5.95 Å². The quantitative estimate of drug-likeness (QED) is 0.805. The van der Waals surface area contributed by atoms with Crippen LogP contribution in [0.5, 0.6) is 0 Å². The van der Waals surface area contributed by atoms with Crippen molar-refractivity contribution in [2.24, 2.45) is 5.92 Å². The normalized spacial score (nSPS) is 19.7. The number of hydrogen-bond acceptors (Lipinski definition) is 6. The molecular weight excluding hydrogens is 308 g/mol. The average molecular weight is 332 g/mol. The number of nitrogens with one attached hydrogen (secondary N) is 1. The standard InChI is InChI=1S/C17H24N4O3/c1-24-15(22)6-7-18-16(23)12-4-5-14-13(10-12)11-19-17(20-14)21-8-2-3-9-21/h11-12H,2-10H2,1H3,(H,18,23)/t12-/m1/s1. The number of carbonyl (C=O) groups is 2. The van der Waals surface area contributed by atoms with Gasteiger partial charge in [0.2, 0.25) is 11.9 Å². The molecule has 1 atom stereocenters. The Labute approximate surface area is 141 Å².